The van der Waals surface area contributed by atoms with Gasteiger partial charge in [0.05, 0.1) is 21.7 Å². The number of H-pyrrole nitrogens is 1. The average molecular weight is 493 g/mol. The highest BCUT2D eigenvalue weighted by Gasteiger charge is 2.19. The molecule has 0 atom stereocenters. The van der Waals surface area contributed by atoms with Crippen molar-refractivity contribution in [2.24, 2.45) is 10.2 Å². The van der Waals surface area contributed by atoms with Crippen LogP contribution in [0.2, 0.25) is 0 Å². The molecular formula is C24H24N6O4S. The Kier molecular flexibility index (Phi) is 6.90. The third kappa shape index (κ3) is 5.53. The minimum absolute atomic E-state index is 0.0318. The predicted molar refractivity (Wildman–Crippen MR) is 131 cm³/mol. The van der Waals surface area contributed by atoms with E-state index in [4.69, 9.17) is 0 Å². The molecule has 1 amide bonds. The van der Waals surface area contributed by atoms with Crippen molar-refractivity contribution in [2.45, 2.75) is 31.3 Å². The number of sulfonamides is 1. The zero-order chi connectivity index (χ0) is 25.0. The van der Waals surface area contributed by atoms with Crippen LogP contribution in [0.4, 0.5) is 11.4 Å². The number of nitrogens with one attached hydrogen (secondary N) is 3. The van der Waals surface area contributed by atoms with E-state index in [2.05, 4.69) is 30.2 Å². The van der Waals surface area contributed by atoms with Crippen LogP contribution in [0.25, 0.3) is 10.9 Å². The Balaban J connectivity index is 1.63. The molecule has 0 fully saturated rings. The number of aromatic hydroxyl groups is 1. The molecule has 2 aromatic heterocycles. The molecule has 0 aliphatic carbocycles. The lowest BCUT2D eigenvalue weighted by Gasteiger charge is -2.09. The van der Waals surface area contributed by atoms with E-state index in [9.17, 15) is 18.3 Å². The number of aromatic amines is 1. The van der Waals surface area contributed by atoms with Crippen LogP contribution < -0.4 is 10.0 Å². The molecule has 0 aliphatic heterocycles. The van der Waals surface area contributed by atoms with Gasteiger partial charge in [0, 0.05) is 30.4 Å². The average Bonchev–Trinajstić information content (AvgIpc) is 3.15. The summed E-state index contributed by atoms with van der Waals surface area (Å²) in [6.07, 6.45) is 3.32. The highest BCUT2D eigenvalue weighted by atomic mass is 32.2. The maximum atomic E-state index is 12.8. The molecule has 4 N–H and O–H groups in total. The zero-order valence-corrected chi connectivity index (χ0v) is 19.9. The monoisotopic (exact) mass is 492 g/mol. The van der Waals surface area contributed by atoms with Crippen molar-refractivity contribution in [2.75, 3.05) is 0 Å². The Labute approximate surface area is 202 Å². The van der Waals surface area contributed by atoms with Gasteiger partial charge in [0.2, 0.25) is 15.9 Å². The van der Waals surface area contributed by atoms with Crippen molar-refractivity contribution < 1.29 is 18.3 Å². The van der Waals surface area contributed by atoms with Gasteiger partial charge in [-0.15, -0.1) is 10.2 Å². The molecule has 11 heteroatoms. The third-order valence-corrected chi connectivity index (χ3v) is 6.66. The Morgan fingerprint density at radius 1 is 1.11 bits per heavy atom. The summed E-state index contributed by atoms with van der Waals surface area (Å²) in [4.78, 5) is 19.6. The maximum Gasteiger partial charge on any atom is 0.253 e. The summed E-state index contributed by atoms with van der Waals surface area (Å²) in [6.45, 7) is 3.74. The van der Waals surface area contributed by atoms with Crippen LogP contribution in [0.1, 0.15) is 29.8 Å². The molecule has 0 radical (unpaired) electrons. The first-order chi connectivity index (χ1) is 16.7. The van der Waals surface area contributed by atoms with Crippen LogP contribution in [0.5, 0.6) is 5.88 Å². The first-order valence-electron chi connectivity index (χ1n) is 10.8. The van der Waals surface area contributed by atoms with E-state index in [1.165, 1.54) is 12.1 Å². The van der Waals surface area contributed by atoms with Crippen molar-refractivity contribution in [3.05, 3.63) is 78.1 Å². The van der Waals surface area contributed by atoms with Gasteiger partial charge in [0.1, 0.15) is 0 Å². The minimum Gasteiger partial charge on any atom is -0.493 e. The first kappa shape index (κ1) is 24.0. The summed E-state index contributed by atoms with van der Waals surface area (Å²) in [5.74, 6) is -0.617. The normalized spacial score (nSPS) is 12.0. The van der Waals surface area contributed by atoms with Crippen LogP contribution >= 0.6 is 0 Å². The van der Waals surface area contributed by atoms with Gasteiger partial charge in [-0.05, 0) is 55.8 Å². The molecule has 0 saturated carbocycles. The molecule has 0 bridgehead atoms. The molecule has 10 nitrogen and oxygen atoms in total. The van der Waals surface area contributed by atoms with Crippen molar-refractivity contribution in [1.82, 2.24) is 20.0 Å². The fourth-order valence-electron chi connectivity index (χ4n) is 3.43. The highest BCUT2D eigenvalue weighted by molar-refractivity contribution is 7.89. The van der Waals surface area contributed by atoms with Gasteiger partial charge in [-0.3, -0.25) is 9.78 Å². The van der Waals surface area contributed by atoms with Crippen LogP contribution in [0.3, 0.4) is 0 Å². The molecule has 0 aliphatic rings. The summed E-state index contributed by atoms with van der Waals surface area (Å²) in [5, 5.41) is 21.9. The number of carbonyl (C=O) groups excluding carboxylic acids is 1. The van der Waals surface area contributed by atoms with E-state index < -0.39 is 10.0 Å². The number of azo groups is 1. The van der Waals surface area contributed by atoms with Gasteiger partial charge in [-0.1, -0.05) is 18.2 Å². The number of fused-ring (bicyclic) bond motifs is 1. The molecule has 0 saturated heterocycles. The standard InChI is InChI=1S/C24H24N6O4S/c1-15(2)30-35(33,34)17-9-10-20-19(12-17)22(24(32)27-20)29-28-21-8-4-3-7-18(21)23(31)26-14-16-6-5-11-25-13-16/h3-13,15,27,30,32H,14H2,1-2H3,(H,26,31). The van der Waals surface area contributed by atoms with E-state index in [1.807, 2.05) is 6.07 Å². The van der Waals surface area contributed by atoms with Crippen LogP contribution in [0.15, 0.2) is 82.1 Å². The molecule has 2 aromatic carbocycles. The van der Waals surface area contributed by atoms with Gasteiger partial charge >= 0.3 is 0 Å². The van der Waals surface area contributed by atoms with Crippen LogP contribution in [-0.2, 0) is 16.6 Å². The number of nitrogens with zero attached hydrogens (tertiary/aromatic N) is 3. The Morgan fingerprint density at radius 3 is 2.66 bits per heavy atom. The lowest BCUT2D eigenvalue weighted by atomic mass is 10.1. The summed E-state index contributed by atoms with van der Waals surface area (Å²) < 4.78 is 27.7. The number of benzene rings is 2. The Morgan fingerprint density at radius 2 is 1.91 bits per heavy atom. The van der Waals surface area contributed by atoms with Crippen molar-refractivity contribution in [3.63, 3.8) is 0 Å². The molecule has 0 spiro atoms. The van der Waals surface area contributed by atoms with E-state index in [-0.39, 0.29) is 34.1 Å². The van der Waals surface area contributed by atoms with E-state index >= 15 is 0 Å². The summed E-state index contributed by atoms with van der Waals surface area (Å²) >= 11 is 0. The number of hydrogen-bond acceptors (Lipinski definition) is 7. The number of amides is 1. The second-order valence-corrected chi connectivity index (χ2v) is 9.78. The molecule has 2 heterocycles. The first-order valence-corrected chi connectivity index (χ1v) is 12.3. The van der Waals surface area contributed by atoms with Gasteiger partial charge in [-0.25, -0.2) is 13.1 Å². The zero-order valence-electron chi connectivity index (χ0n) is 19.1. The van der Waals surface area contributed by atoms with Crippen LogP contribution in [-0.4, -0.2) is 35.4 Å². The van der Waals surface area contributed by atoms with Gasteiger partial charge in [0.25, 0.3) is 5.91 Å². The quantitative estimate of drug-likeness (QED) is 0.271. The predicted octanol–water partition coefficient (Wildman–Crippen LogP) is 4.30. The smallest absolute Gasteiger partial charge is 0.253 e. The van der Waals surface area contributed by atoms with Crippen LogP contribution in [0, 0.1) is 0 Å². The second-order valence-electron chi connectivity index (χ2n) is 8.07. The van der Waals surface area contributed by atoms with Crippen molar-refractivity contribution >= 4 is 38.2 Å². The highest BCUT2D eigenvalue weighted by Crippen LogP contribution is 2.37. The van der Waals surface area contributed by atoms with E-state index in [0.29, 0.717) is 23.0 Å². The minimum atomic E-state index is -3.75. The topological polar surface area (TPSA) is 149 Å². The number of hydrogen-bond donors (Lipinski definition) is 4. The Hall–Kier alpha value is -4.09. The molecule has 35 heavy (non-hydrogen) atoms. The molecule has 4 rings (SSSR count). The van der Waals surface area contributed by atoms with E-state index in [0.717, 1.165) is 5.56 Å². The van der Waals surface area contributed by atoms with E-state index in [1.54, 1.807) is 62.6 Å². The maximum absolute atomic E-state index is 12.8. The summed E-state index contributed by atoms with van der Waals surface area (Å²) in [6, 6.07) is 14.4. The molecule has 4 aromatic rings. The lowest BCUT2D eigenvalue weighted by Crippen LogP contribution is -2.30. The number of aromatic nitrogens is 2. The van der Waals surface area contributed by atoms with Crippen molar-refractivity contribution in [1.29, 1.82) is 0 Å². The third-order valence-electron chi connectivity index (χ3n) is 5.01. The summed E-state index contributed by atoms with van der Waals surface area (Å²) in [7, 11) is -3.75. The van der Waals surface area contributed by atoms with Gasteiger partial charge in [-0.2, -0.15) is 0 Å². The fraction of sp³-hybridized carbons (Fsp3) is 0.167. The van der Waals surface area contributed by atoms with Gasteiger partial charge < -0.3 is 15.4 Å². The molecule has 0 unspecified atom stereocenters. The Bertz CT molecular complexity index is 1500. The summed E-state index contributed by atoms with van der Waals surface area (Å²) in [5.41, 5.74) is 1.98. The van der Waals surface area contributed by atoms with Gasteiger partial charge in [0.15, 0.2) is 5.69 Å². The second kappa shape index (κ2) is 10.0. The lowest BCUT2D eigenvalue weighted by molar-refractivity contribution is 0.0951. The fourth-order valence-corrected chi connectivity index (χ4v) is 4.70. The van der Waals surface area contributed by atoms with Crippen molar-refractivity contribution in [3.8, 4) is 5.88 Å². The SMILES string of the molecule is CC(C)NS(=O)(=O)c1ccc2[nH]c(O)c(N=Nc3ccccc3C(=O)NCc3cccnc3)c2c1. The number of carbonyl (C=O) groups is 1. The number of rotatable bonds is 8. The largest absolute Gasteiger partial charge is 0.493 e. The molecular weight excluding hydrogens is 468 g/mol. The number of pyridine rings is 1. The molecule has 180 valence electrons.